The number of rotatable bonds is 6. The first-order chi connectivity index (χ1) is 15.4. The van der Waals surface area contributed by atoms with Gasteiger partial charge in [0.15, 0.2) is 0 Å². The van der Waals surface area contributed by atoms with Crippen LogP contribution < -0.4 is 9.75 Å². The summed E-state index contributed by atoms with van der Waals surface area (Å²) in [5.41, 5.74) is 2.42. The first-order valence-corrected chi connectivity index (χ1v) is 10.1. The molecule has 0 saturated carbocycles. The Morgan fingerprint density at radius 2 is 1.81 bits per heavy atom. The van der Waals surface area contributed by atoms with Crippen molar-refractivity contribution in [1.29, 1.82) is 0 Å². The quantitative estimate of drug-likeness (QED) is 0.278. The Kier molecular flexibility index (Phi) is 6.00. The fourth-order valence-electron chi connectivity index (χ4n) is 3.24. The fourth-order valence-corrected chi connectivity index (χ4v) is 3.40. The summed E-state index contributed by atoms with van der Waals surface area (Å²) in [6.45, 7) is 2.14. The van der Waals surface area contributed by atoms with Crippen LogP contribution in [-0.2, 0) is 11.4 Å². The second-order valence-corrected chi connectivity index (χ2v) is 7.53. The zero-order valence-electron chi connectivity index (χ0n) is 17.1. The van der Waals surface area contributed by atoms with Gasteiger partial charge in [-0.2, -0.15) is 10.1 Å². The van der Waals surface area contributed by atoms with Crippen molar-refractivity contribution >= 4 is 40.7 Å². The first-order valence-electron chi connectivity index (χ1n) is 9.75. The minimum atomic E-state index is -0.570. The lowest BCUT2D eigenvalue weighted by Gasteiger charge is -2.12. The molecule has 0 aliphatic carbocycles. The van der Waals surface area contributed by atoms with Crippen LogP contribution in [0.5, 0.6) is 5.75 Å². The molecular weight excluding hydrogens is 430 g/mol. The minimum Gasteiger partial charge on any atom is -0.489 e. The standard InChI is InChI=1S/C24H18ClN3O4/c1-16-21(24(29)27(26-16)23-14-19(25)9-12-22(23)28(30)31)13-17-7-10-20(11-8-17)32-15-18-5-3-2-4-6-18/h2-14H,15H2,1H3. The summed E-state index contributed by atoms with van der Waals surface area (Å²) in [5, 5.41) is 16.9. The number of nitro groups is 1. The predicted octanol–water partition coefficient (Wildman–Crippen LogP) is 5.63. The number of hydrogen-bond donors (Lipinski definition) is 0. The molecule has 4 rings (SSSR count). The number of nitrogens with zero attached hydrogens (tertiary/aromatic N) is 3. The first kappa shape index (κ1) is 21.3. The third kappa shape index (κ3) is 4.53. The Morgan fingerprint density at radius 1 is 1.09 bits per heavy atom. The smallest absolute Gasteiger partial charge is 0.295 e. The van der Waals surface area contributed by atoms with Crippen molar-refractivity contribution in [3.8, 4) is 5.75 Å². The predicted molar refractivity (Wildman–Crippen MR) is 124 cm³/mol. The number of nitro benzene ring substituents is 1. The highest BCUT2D eigenvalue weighted by Crippen LogP contribution is 2.35. The lowest BCUT2D eigenvalue weighted by molar-refractivity contribution is -0.384. The Morgan fingerprint density at radius 3 is 2.50 bits per heavy atom. The average molecular weight is 448 g/mol. The lowest BCUT2D eigenvalue weighted by Crippen LogP contribution is -2.22. The summed E-state index contributed by atoms with van der Waals surface area (Å²) in [5.74, 6) is 0.243. The van der Waals surface area contributed by atoms with Crippen molar-refractivity contribution < 1.29 is 14.5 Å². The Bertz CT molecular complexity index is 1240. The van der Waals surface area contributed by atoms with Crippen LogP contribution in [0.15, 0.2) is 83.5 Å². The highest BCUT2D eigenvalue weighted by molar-refractivity contribution is 6.33. The van der Waals surface area contributed by atoms with E-state index in [9.17, 15) is 14.9 Å². The summed E-state index contributed by atoms with van der Waals surface area (Å²) in [6, 6.07) is 21.2. The van der Waals surface area contributed by atoms with Gasteiger partial charge >= 0.3 is 0 Å². The van der Waals surface area contributed by atoms with Crippen molar-refractivity contribution in [2.45, 2.75) is 13.5 Å². The van der Waals surface area contributed by atoms with Gasteiger partial charge in [-0.05, 0) is 48.4 Å². The SMILES string of the molecule is CC1=NN(c2cc(Cl)ccc2[N+](=O)[O-])C(=O)C1=Cc1ccc(OCc2ccccc2)cc1. The van der Waals surface area contributed by atoms with Crippen LogP contribution >= 0.6 is 11.6 Å². The van der Waals surface area contributed by atoms with E-state index in [0.29, 0.717) is 23.6 Å². The van der Waals surface area contributed by atoms with Gasteiger partial charge in [-0.15, -0.1) is 0 Å². The molecule has 0 aromatic heterocycles. The van der Waals surface area contributed by atoms with Gasteiger partial charge in [0.1, 0.15) is 18.0 Å². The summed E-state index contributed by atoms with van der Waals surface area (Å²) in [4.78, 5) is 23.8. The molecule has 0 spiro atoms. The minimum absolute atomic E-state index is 0.0277. The summed E-state index contributed by atoms with van der Waals surface area (Å²) < 4.78 is 5.79. The third-order valence-electron chi connectivity index (χ3n) is 4.86. The zero-order chi connectivity index (χ0) is 22.7. The molecule has 0 fully saturated rings. The van der Waals surface area contributed by atoms with E-state index in [1.807, 2.05) is 54.6 Å². The number of halogens is 1. The number of hydrogen-bond acceptors (Lipinski definition) is 5. The normalized spacial score (nSPS) is 14.6. The highest BCUT2D eigenvalue weighted by atomic mass is 35.5. The number of anilines is 1. The van der Waals surface area contributed by atoms with Crippen LogP contribution in [0.3, 0.4) is 0 Å². The fraction of sp³-hybridized carbons (Fsp3) is 0.0833. The molecule has 0 bridgehead atoms. The van der Waals surface area contributed by atoms with Crippen LogP contribution in [0.25, 0.3) is 6.08 Å². The van der Waals surface area contributed by atoms with E-state index in [1.54, 1.807) is 13.0 Å². The summed E-state index contributed by atoms with van der Waals surface area (Å²) >= 11 is 5.99. The number of benzene rings is 3. The number of ether oxygens (including phenoxy) is 1. The maximum atomic E-state index is 13.0. The molecule has 1 amide bonds. The zero-order valence-corrected chi connectivity index (χ0v) is 17.8. The van der Waals surface area contributed by atoms with Gasteiger partial charge < -0.3 is 4.74 Å². The molecule has 0 unspecified atom stereocenters. The average Bonchev–Trinajstić information content (AvgIpc) is 3.07. The molecule has 1 aliphatic rings. The van der Waals surface area contributed by atoms with E-state index < -0.39 is 10.8 Å². The maximum absolute atomic E-state index is 13.0. The molecular formula is C24H18ClN3O4. The third-order valence-corrected chi connectivity index (χ3v) is 5.10. The monoisotopic (exact) mass is 447 g/mol. The van der Waals surface area contributed by atoms with Crippen LogP contribution in [0.1, 0.15) is 18.1 Å². The second-order valence-electron chi connectivity index (χ2n) is 7.09. The van der Waals surface area contributed by atoms with Crippen LogP contribution in [-0.4, -0.2) is 16.5 Å². The van der Waals surface area contributed by atoms with Crippen molar-refractivity contribution in [2.24, 2.45) is 5.10 Å². The molecule has 1 heterocycles. The molecule has 0 atom stereocenters. The molecule has 3 aromatic rings. The number of hydrazone groups is 1. The van der Waals surface area contributed by atoms with Crippen molar-refractivity contribution in [3.63, 3.8) is 0 Å². The van der Waals surface area contributed by atoms with Gasteiger partial charge in [-0.1, -0.05) is 54.1 Å². The molecule has 0 N–H and O–H groups in total. The molecule has 0 saturated heterocycles. The van der Waals surface area contributed by atoms with E-state index in [1.165, 1.54) is 18.2 Å². The number of amides is 1. The maximum Gasteiger partial charge on any atom is 0.295 e. The molecule has 7 nitrogen and oxygen atoms in total. The Hall–Kier alpha value is -3.97. The van der Waals surface area contributed by atoms with E-state index in [-0.39, 0.29) is 16.4 Å². The van der Waals surface area contributed by atoms with Crippen molar-refractivity contribution in [2.75, 3.05) is 5.01 Å². The van der Waals surface area contributed by atoms with Gasteiger partial charge in [0.2, 0.25) is 0 Å². The van der Waals surface area contributed by atoms with Gasteiger partial charge in [0, 0.05) is 11.1 Å². The van der Waals surface area contributed by atoms with Crippen LogP contribution in [0, 0.1) is 10.1 Å². The molecule has 1 aliphatic heterocycles. The van der Waals surface area contributed by atoms with Crippen LogP contribution in [0.2, 0.25) is 5.02 Å². The van der Waals surface area contributed by atoms with Gasteiger partial charge in [-0.25, -0.2) is 0 Å². The summed E-state index contributed by atoms with van der Waals surface area (Å²) in [7, 11) is 0. The topological polar surface area (TPSA) is 85.0 Å². The van der Waals surface area contributed by atoms with E-state index >= 15 is 0 Å². The number of carbonyl (C=O) groups excluding carboxylic acids is 1. The molecule has 0 radical (unpaired) electrons. The van der Waals surface area contributed by atoms with E-state index in [4.69, 9.17) is 16.3 Å². The van der Waals surface area contributed by atoms with Crippen molar-refractivity contribution in [3.05, 3.63) is 105 Å². The van der Waals surface area contributed by atoms with Gasteiger partial charge in [0.05, 0.1) is 16.2 Å². The Labute approximate surface area is 189 Å². The van der Waals surface area contributed by atoms with Crippen LogP contribution in [0.4, 0.5) is 11.4 Å². The van der Waals surface area contributed by atoms with Gasteiger partial charge in [0.25, 0.3) is 11.6 Å². The van der Waals surface area contributed by atoms with Crippen molar-refractivity contribution in [1.82, 2.24) is 0 Å². The highest BCUT2D eigenvalue weighted by Gasteiger charge is 2.33. The Balaban J connectivity index is 1.53. The lowest BCUT2D eigenvalue weighted by atomic mass is 10.1. The largest absolute Gasteiger partial charge is 0.489 e. The molecule has 3 aromatic carbocycles. The number of carbonyl (C=O) groups is 1. The molecule has 160 valence electrons. The van der Waals surface area contributed by atoms with E-state index in [2.05, 4.69) is 5.10 Å². The van der Waals surface area contributed by atoms with Gasteiger partial charge in [-0.3, -0.25) is 14.9 Å². The molecule has 8 heteroatoms. The molecule has 32 heavy (non-hydrogen) atoms. The summed E-state index contributed by atoms with van der Waals surface area (Å²) in [6.07, 6.45) is 1.69. The van der Waals surface area contributed by atoms with E-state index in [0.717, 1.165) is 16.1 Å². The second kappa shape index (κ2) is 9.03.